The fourth-order valence-corrected chi connectivity index (χ4v) is 3.23. The third-order valence-electron chi connectivity index (χ3n) is 4.27. The van der Waals surface area contributed by atoms with Gasteiger partial charge in [-0.15, -0.1) is 0 Å². The fourth-order valence-electron chi connectivity index (χ4n) is 3.23. The molecule has 1 aromatic rings. The van der Waals surface area contributed by atoms with Crippen LogP contribution in [-0.2, 0) is 6.42 Å². The van der Waals surface area contributed by atoms with E-state index < -0.39 is 5.60 Å². The number of fused-ring (bicyclic) bond motifs is 1. The van der Waals surface area contributed by atoms with Gasteiger partial charge < -0.3 is 14.7 Å². The summed E-state index contributed by atoms with van der Waals surface area (Å²) in [5.41, 5.74) is 0.951. The molecule has 1 atom stereocenters. The maximum absolute atomic E-state index is 12.7. The molecule has 1 saturated heterocycles. The molecule has 3 rings (SSSR count). The molecule has 0 spiro atoms. The van der Waals surface area contributed by atoms with E-state index in [2.05, 4.69) is 0 Å². The minimum Gasteiger partial charge on any atom is -0.493 e. The second-order valence-corrected chi connectivity index (χ2v) is 6.23. The average molecular weight is 275 g/mol. The highest BCUT2D eigenvalue weighted by Gasteiger charge is 2.38. The molecule has 0 aliphatic carbocycles. The number of nitrogens with zero attached hydrogens (tertiary/aromatic N) is 1. The highest BCUT2D eigenvalue weighted by molar-refractivity contribution is 5.95. The Labute approximate surface area is 119 Å². The summed E-state index contributed by atoms with van der Waals surface area (Å²) >= 11 is 0. The van der Waals surface area contributed by atoms with Crippen LogP contribution in [0.25, 0.3) is 0 Å². The second-order valence-electron chi connectivity index (χ2n) is 6.23. The third kappa shape index (κ3) is 2.29. The van der Waals surface area contributed by atoms with Gasteiger partial charge >= 0.3 is 0 Å². The summed E-state index contributed by atoms with van der Waals surface area (Å²) in [6, 6.07) is 5.54. The van der Waals surface area contributed by atoms with E-state index in [-0.39, 0.29) is 11.9 Å². The van der Waals surface area contributed by atoms with Crippen molar-refractivity contribution < 1.29 is 14.6 Å². The number of ether oxygens (including phenoxy) is 1. The lowest BCUT2D eigenvalue weighted by molar-refractivity contribution is 0.000333. The molecule has 108 valence electrons. The molecule has 1 fully saturated rings. The van der Waals surface area contributed by atoms with E-state index in [1.807, 2.05) is 23.1 Å². The summed E-state index contributed by atoms with van der Waals surface area (Å²) in [6.45, 7) is 4.98. The van der Waals surface area contributed by atoms with Crippen LogP contribution >= 0.6 is 0 Å². The summed E-state index contributed by atoms with van der Waals surface area (Å²) in [5, 5.41) is 10.2. The molecule has 2 heterocycles. The van der Waals surface area contributed by atoms with Crippen molar-refractivity contribution in [3.63, 3.8) is 0 Å². The summed E-state index contributed by atoms with van der Waals surface area (Å²) in [7, 11) is 0. The van der Waals surface area contributed by atoms with Gasteiger partial charge in [0.15, 0.2) is 0 Å². The van der Waals surface area contributed by atoms with Gasteiger partial charge in [0.05, 0.1) is 18.2 Å². The zero-order valence-electron chi connectivity index (χ0n) is 12.1. The summed E-state index contributed by atoms with van der Waals surface area (Å²) < 4.78 is 5.47. The highest BCUT2D eigenvalue weighted by Crippen LogP contribution is 2.30. The Morgan fingerprint density at radius 1 is 1.45 bits per heavy atom. The Balaban J connectivity index is 1.85. The molecule has 2 aliphatic heterocycles. The van der Waals surface area contributed by atoms with Crippen molar-refractivity contribution >= 4 is 5.91 Å². The molecular weight excluding hydrogens is 254 g/mol. The van der Waals surface area contributed by atoms with E-state index >= 15 is 0 Å². The van der Waals surface area contributed by atoms with Crippen molar-refractivity contribution in [2.45, 2.75) is 44.8 Å². The van der Waals surface area contributed by atoms with Crippen LogP contribution < -0.4 is 4.74 Å². The van der Waals surface area contributed by atoms with Crippen LogP contribution in [0.4, 0.5) is 0 Å². The first-order valence-corrected chi connectivity index (χ1v) is 7.26. The Bertz CT molecular complexity index is 533. The van der Waals surface area contributed by atoms with Crippen molar-refractivity contribution in [1.82, 2.24) is 4.90 Å². The van der Waals surface area contributed by atoms with Crippen LogP contribution in [0.1, 0.15) is 42.6 Å². The molecule has 2 aliphatic rings. The number of amides is 1. The van der Waals surface area contributed by atoms with E-state index in [9.17, 15) is 9.90 Å². The van der Waals surface area contributed by atoms with Crippen molar-refractivity contribution in [3.05, 3.63) is 29.3 Å². The topological polar surface area (TPSA) is 49.8 Å². The number of carbonyl (C=O) groups excluding carboxylic acids is 1. The van der Waals surface area contributed by atoms with Gasteiger partial charge in [0.1, 0.15) is 5.75 Å². The molecule has 0 bridgehead atoms. The SMILES string of the molecule is CC(C)(O)C1CCCN1C(=O)c1ccc2c(c1)CCO2. The summed E-state index contributed by atoms with van der Waals surface area (Å²) in [4.78, 5) is 14.5. The van der Waals surface area contributed by atoms with E-state index in [1.165, 1.54) is 0 Å². The van der Waals surface area contributed by atoms with E-state index in [0.29, 0.717) is 12.2 Å². The van der Waals surface area contributed by atoms with Crippen molar-refractivity contribution in [3.8, 4) is 5.75 Å². The van der Waals surface area contributed by atoms with Gasteiger partial charge in [-0.1, -0.05) is 0 Å². The lowest BCUT2D eigenvalue weighted by atomic mass is 9.96. The smallest absolute Gasteiger partial charge is 0.254 e. The molecular formula is C16H21NO3. The van der Waals surface area contributed by atoms with Crippen LogP contribution in [0.3, 0.4) is 0 Å². The molecule has 1 aromatic carbocycles. The molecule has 0 saturated carbocycles. The lowest BCUT2D eigenvalue weighted by Crippen LogP contribution is -2.48. The average Bonchev–Trinajstić information content (AvgIpc) is 3.05. The van der Waals surface area contributed by atoms with Gasteiger partial charge in [-0.25, -0.2) is 0 Å². The molecule has 1 amide bonds. The van der Waals surface area contributed by atoms with Crippen LogP contribution in [-0.4, -0.2) is 40.7 Å². The van der Waals surface area contributed by atoms with Gasteiger partial charge in [-0.2, -0.15) is 0 Å². The summed E-state index contributed by atoms with van der Waals surface area (Å²) in [6.07, 6.45) is 2.68. The number of hydrogen-bond donors (Lipinski definition) is 1. The zero-order valence-corrected chi connectivity index (χ0v) is 12.1. The van der Waals surface area contributed by atoms with E-state index in [1.54, 1.807) is 13.8 Å². The van der Waals surface area contributed by atoms with Gasteiger partial charge in [-0.05, 0) is 50.5 Å². The summed E-state index contributed by atoms with van der Waals surface area (Å²) in [5.74, 6) is 0.909. The van der Waals surface area contributed by atoms with Crippen LogP contribution in [0.15, 0.2) is 18.2 Å². The first-order chi connectivity index (χ1) is 9.47. The Hall–Kier alpha value is -1.55. The predicted molar refractivity (Wildman–Crippen MR) is 76.0 cm³/mol. The first kappa shape index (κ1) is 13.4. The lowest BCUT2D eigenvalue weighted by Gasteiger charge is -2.33. The van der Waals surface area contributed by atoms with Crippen molar-refractivity contribution in [2.24, 2.45) is 0 Å². The molecule has 0 radical (unpaired) electrons. The number of rotatable bonds is 2. The fraction of sp³-hybridized carbons (Fsp3) is 0.562. The number of benzene rings is 1. The Morgan fingerprint density at radius 2 is 2.25 bits per heavy atom. The van der Waals surface area contributed by atoms with E-state index in [0.717, 1.165) is 37.1 Å². The van der Waals surface area contributed by atoms with E-state index in [4.69, 9.17) is 4.74 Å². The third-order valence-corrected chi connectivity index (χ3v) is 4.27. The molecule has 1 N–H and O–H groups in total. The van der Waals surface area contributed by atoms with Crippen LogP contribution in [0.5, 0.6) is 5.75 Å². The maximum atomic E-state index is 12.7. The zero-order chi connectivity index (χ0) is 14.3. The normalized spacial score (nSPS) is 21.8. The van der Waals surface area contributed by atoms with Crippen molar-refractivity contribution in [2.75, 3.05) is 13.2 Å². The van der Waals surface area contributed by atoms with Crippen LogP contribution in [0, 0.1) is 0 Å². The number of hydrogen-bond acceptors (Lipinski definition) is 3. The largest absolute Gasteiger partial charge is 0.493 e. The second kappa shape index (κ2) is 4.77. The number of aliphatic hydroxyl groups is 1. The van der Waals surface area contributed by atoms with Gasteiger partial charge in [0.2, 0.25) is 0 Å². The van der Waals surface area contributed by atoms with Gasteiger partial charge in [0, 0.05) is 18.5 Å². The number of carbonyl (C=O) groups is 1. The monoisotopic (exact) mass is 275 g/mol. The highest BCUT2D eigenvalue weighted by atomic mass is 16.5. The quantitative estimate of drug-likeness (QED) is 0.898. The van der Waals surface area contributed by atoms with Gasteiger partial charge in [-0.3, -0.25) is 4.79 Å². The minimum absolute atomic E-state index is 0.0179. The Morgan fingerprint density at radius 3 is 3.00 bits per heavy atom. The van der Waals surface area contributed by atoms with Crippen molar-refractivity contribution in [1.29, 1.82) is 0 Å². The van der Waals surface area contributed by atoms with Gasteiger partial charge in [0.25, 0.3) is 5.91 Å². The Kier molecular flexibility index (Phi) is 3.21. The first-order valence-electron chi connectivity index (χ1n) is 7.26. The molecule has 0 aromatic heterocycles. The maximum Gasteiger partial charge on any atom is 0.254 e. The molecule has 1 unspecified atom stereocenters. The molecule has 20 heavy (non-hydrogen) atoms. The molecule has 4 heteroatoms. The molecule has 4 nitrogen and oxygen atoms in total. The predicted octanol–water partition coefficient (Wildman–Crippen LogP) is 2.00. The minimum atomic E-state index is -0.855. The standard InChI is InChI=1S/C16H21NO3/c1-16(2,19)14-4-3-8-17(14)15(18)12-5-6-13-11(10-12)7-9-20-13/h5-6,10,14,19H,3-4,7-9H2,1-2H3. The van der Waals surface area contributed by atoms with Crippen LogP contribution in [0.2, 0.25) is 0 Å². The number of likely N-dealkylation sites (tertiary alicyclic amines) is 1.